The van der Waals surface area contributed by atoms with Crippen molar-refractivity contribution in [2.45, 2.75) is 0 Å². The Morgan fingerprint density at radius 1 is 1.25 bits per heavy atom. The predicted octanol–water partition coefficient (Wildman–Crippen LogP) is 1.80. The molecule has 0 fully saturated rings. The molecule has 0 saturated carbocycles. The van der Waals surface area contributed by atoms with E-state index >= 15 is 0 Å². The molecule has 0 spiro atoms. The SMILES string of the molecule is O=C([O-])CNC(=O)[s+]1c(-c2ccc(F)cc2)cc2c(O)cncc21. The predicted molar refractivity (Wildman–Crippen MR) is 85.1 cm³/mol. The van der Waals surface area contributed by atoms with Crippen molar-refractivity contribution < 1.29 is 24.2 Å². The Hall–Kier alpha value is -3.00. The van der Waals surface area contributed by atoms with Gasteiger partial charge in [-0.2, -0.15) is 0 Å². The number of thiophene rings is 1. The first kappa shape index (κ1) is 15.9. The quantitative estimate of drug-likeness (QED) is 0.701. The van der Waals surface area contributed by atoms with E-state index < -0.39 is 34.0 Å². The second-order valence-corrected chi connectivity index (χ2v) is 6.77. The van der Waals surface area contributed by atoms with Crippen molar-refractivity contribution in [3.05, 3.63) is 48.5 Å². The van der Waals surface area contributed by atoms with E-state index in [9.17, 15) is 24.2 Å². The number of benzene rings is 1. The van der Waals surface area contributed by atoms with E-state index in [2.05, 4.69) is 10.3 Å². The number of hydrogen-bond donors (Lipinski definition) is 2. The number of carbonyl (C=O) groups is 2. The number of nitrogens with zero attached hydrogens (tertiary/aromatic N) is 1. The Balaban J connectivity index is 2.18. The van der Waals surface area contributed by atoms with Crippen molar-refractivity contribution in [1.82, 2.24) is 10.3 Å². The van der Waals surface area contributed by atoms with Crippen LogP contribution in [0.25, 0.3) is 20.5 Å². The average Bonchev–Trinajstić information content (AvgIpc) is 2.94. The lowest BCUT2D eigenvalue weighted by Gasteiger charge is -2.01. The van der Waals surface area contributed by atoms with Gasteiger partial charge in [0.1, 0.15) is 11.6 Å². The fraction of sp³-hybridized carbons (Fsp3) is 0.0625. The third kappa shape index (κ3) is 2.91. The van der Waals surface area contributed by atoms with Crippen molar-refractivity contribution in [3.8, 4) is 16.2 Å². The number of nitrogens with one attached hydrogen (secondary N) is 1. The van der Waals surface area contributed by atoms with Crippen LogP contribution in [0.5, 0.6) is 5.75 Å². The van der Waals surface area contributed by atoms with Crippen molar-refractivity contribution in [2.24, 2.45) is 0 Å². The first-order valence-electron chi connectivity index (χ1n) is 6.84. The van der Waals surface area contributed by atoms with E-state index in [-0.39, 0.29) is 5.75 Å². The van der Waals surface area contributed by atoms with Crippen LogP contribution in [0.3, 0.4) is 0 Å². The second-order valence-electron chi connectivity index (χ2n) is 4.91. The van der Waals surface area contributed by atoms with Crippen molar-refractivity contribution in [1.29, 1.82) is 0 Å². The van der Waals surface area contributed by atoms with E-state index in [1.807, 2.05) is 0 Å². The van der Waals surface area contributed by atoms with Gasteiger partial charge >= 0.3 is 5.24 Å². The summed E-state index contributed by atoms with van der Waals surface area (Å²) < 4.78 is 13.6. The van der Waals surface area contributed by atoms with Crippen LogP contribution in [0, 0.1) is 5.82 Å². The molecule has 1 unspecified atom stereocenters. The number of carboxylic acids is 1. The summed E-state index contributed by atoms with van der Waals surface area (Å²) >= 11 is 0. The maximum Gasteiger partial charge on any atom is 0.457 e. The topological polar surface area (TPSA) is 102 Å². The maximum absolute atomic E-state index is 13.1. The largest absolute Gasteiger partial charge is 0.548 e. The van der Waals surface area contributed by atoms with E-state index in [0.717, 1.165) is 0 Å². The summed E-state index contributed by atoms with van der Waals surface area (Å²) in [4.78, 5) is 27.5. The smallest absolute Gasteiger partial charge is 0.457 e. The normalized spacial score (nSPS) is 11.5. The van der Waals surface area contributed by atoms with Crippen LogP contribution >= 0.6 is 10.5 Å². The molecule has 24 heavy (non-hydrogen) atoms. The third-order valence-electron chi connectivity index (χ3n) is 3.34. The average molecular weight is 346 g/mol. The monoisotopic (exact) mass is 346 g/mol. The molecule has 6 nitrogen and oxygen atoms in total. The molecule has 2 heterocycles. The van der Waals surface area contributed by atoms with Gasteiger partial charge < -0.3 is 20.3 Å². The first-order valence-corrected chi connectivity index (χ1v) is 8.06. The Bertz CT molecular complexity index is 937. The van der Waals surface area contributed by atoms with E-state index in [0.29, 0.717) is 20.5 Å². The fourth-order valence-electron chi connectivity index (χ4n) is 2.29. The van der Waals surface area contributed by atoms with Gasteiger partial charge in [-0.1, -0.05) is 0 Å². The molecule has 122 valence electrons. The molecular formula is C16H11FN2O4S. The van der Waals surface area contributed by atoms with Crippen LogP contribution < -0.4 is 10.4 Å². The summed E-state index contributed by atoms with van der Waals surface area (Å²) in [5.41, 5.74) is 0.596. The van der Waals surface area contributed by atoms with Gasteiger partial charge in [-0.15, -0.1) is 0 Å². The number of pyridine rings is 1. The Morgan fingerprint density at radius 3 is 2.62 bits per heavy atom. The molecule has 1 atom stereocenters. The lowest BCUT2D eigenvalue weighted by atomic mass is 10.1. The zero-order valence-corrected chi connectivity index (χ0v) is 13.0. The van der Waals surface area contributed by atoms with Crippen LogP contribution in [0.1, 0.15) is 0 Å². The highest BCUT2D eigenvalue weighted by Gasteiger charge is 2.31. The van der Waals surface area contributed by atoms with E-state index in [1.165, 1.54) is 36.7 Å². The maximum atomic E-state index is 13.1. The molecule has 8 heteroatoms. The number of aromatic hydroxyl groups is 1. The van der Waals surface area contributed by atoms with Crippen molar-refractivity contribution in [3.63, 3.8) is 0 Å². The molecule has 0 radical (unpaired) electrons. The number of amides is 1. The molecule has 3 aromatic rings. The van der Waals surface area contributed by atoms with Crippen molar-refractivity contribution in [2.75, 3.05) is 6.54 Å². The van der Waals surface area contributed by atoms with Gasteiger partial charge in [0.15, 0.2) is 4.88 Å². The van der Waals surface area contributed by atoms with Gasteiger partial charge in [-0.3, -0.25) is 4.98 Å². The number of aliphatic carboxylic acids is 1. The van der Waals surface area contributed by atoms with Gasteiger partial charge in [-0.25, -0.2) is 9.18 Å². The molecule has 2 N–H and O–H groups in total. The van der Waals surface area contributed by atoms with E-state index in [4.69, 9.17) is 0 Å². The summed E-state index contributed by atoms with van der Waals surface area (Å²) in [6, 6.07) is 7.18. The summed E-state index contributed by atoms with van der Waals surface area (Å²) in [6.45, 7) is -0.624. The lowest BCUT2D eigenvalue weighted by molar-refractivity contribution is -0.303. The Labute approximate surface area is 138 Å². The van der Waals surface area contributed by atoms with Gasteiger partial charge in [-0.05, 0) is 24.3 Å². The number of rotatable bonds is 4. The van der Waals surface area contributed by atoms with Crippen LogP contribution in [0.15, 0.2) is 42.7 Å². The van der Waals surface area contributed by atoms with Crippen LogP contribution in [-0.2, 0) is 4.79 Å². The molecule has 0 aliphatic carbocycles. The highest BCUT2D eigenvalue weighted by molar-refractivity contribution is 7.58. The molecule has 3 rings (SSSR count). The standard InChI is InChI=1S/C16H11FN2O4S/c17-10-3-1-9(2-4-10)13-5-11-12(20)6-18-7-14(11)24(13)16(23)19-8-15(21)22/h1-7H,8H2,(H2-,19,20,21,22,23). The van der Waals surface area contributed by atoms with Gasteiger partial charge in [0.2, 0.25) is 4.70 Å². The van der Waals surface area contributed by atoms with Crippen LogP contribution in [0.2, 0.25) is 0 Å². The minimum atomic E-state index is -1.41. The highest BCUT2D eigenvalue weighted by atomic mass is 32.2. The first-order chi connectivity index (χ1) is 11.5. The molecule has 0 aliphatic heterocycles. The molecule has 2 aromatic heterocycles. The Morgan fingerprint density at radius 2 is 1.96 bits per heavy atom. The van der Waals surface area contributed by atoms with Gasteiger partial charge in [0.25, 0.3) is 0 Å². The number of fused-ring (bicyclic) bond motifs is 1. The van der Waals surface area contributed by atoms with E-state index in [1.54, 1.807) is 6.07 Å². The second kappa shape index (κ2) is 6.25. The summed E-state index contributed by atoms with van der Waals surface area (Å²) in [5.74, 6) is -1.91. The number of carboxylic acid groups (broad SMARTS) is 1. The number of aromatic nitrogens is 1. The van der Waals surface area contributed by atoms with Gasteiger partial charge in [0, 0.05) is 11.6 Å². The third-order valence-corrected chi connectivity index (χ3v) is 5.41. The molecule has 0 bridgehead atoms. The number of carbonyl (C=O) groups excluding carboxylic acids is 2. The minimum Gasteiger partial charge on any atom is -0.548 e. The van der Waals surface area contributed by atoms with Gasteiger partial charge in [0.05, 0.1) is 40.8 Å². The minimum absolute atomic E-state index is 0.0881. The van der Waals surface area contributed by atoms with Crippen LogP contribution in [-0.4, -0.2) is 27.8 Å². The zero-order chi connectivity index (χ0) is 17.3. The Kier molecular flexibility index (Phi) is 4.13. The highest BCUT2D eigenvalue weighted by Crippen LogP contribution is 2.45. The summed E-state index contributed by atoms with van der Waals surface area (Å²) in [5, 5.41) is 22.7. The molecule has 1 amide bonds. The number of hydrogen-bond acceptors (Lipinski definition) is 5. The van der Waals surface area contributed by atoms with Crippen LogP contribution in [0.4, 0.5) is 9.18 Å². The zero-order valence-electron chi connectivity index (χ0n) is 12.2. The summed E-state index contributed by atoms with van der Waals surface area (Å²) in [7, 11) is -1.19. The summed E-state index contributed by atoms with van der Waals surface area (Å²) in [6.07, 6.45) is 2.70. The molecular weight excluding hydrogens is 335 g/mol. The fourth-order valence-corrected chi connectivity index (χ4v) is 4.30. The molecule has 1 aromatic carbocycles. The lowest BCUT2D eigenvalue weighted by Crippen LogP contribution is -2.36. The number of halogens is 1. The molecule has 0 aliphatic rings. The van der Waals surface area contributed by atoms with Crippen molar-refractivity contribution >= 4 is 31.8 Å². The molecule has 0 saturated heterocycles.